The summed E-state index contributed by atoms with van der Waals surface area (Å²) in [6, 6.07) is 0.968. The maximum Gasteiger partial charge on any atom is 0.416 e. The van der Waals surface area contributed by atoms with Gasteiger partial charge in [-0.25, -0.2) is 0 Å². The van der Waals surface area contributed by atoms with E-state index in [1.807, 2.05) is 0 Å². The summed E-state index contributed by atoms with van der Waals surface area (Å²) in [5.74, 6) is -0.616. The Morgan fingerprint density at radius 1 is 0.773 bits per heavy atom. The molecule has 0 bridgehead atoms. The van der Waals surface area contributed by atoms with Crippen molar-refractivity contribution in [2.24, 2.45) is 0 Å². The summed E-state index contributed by atoms with van der Waals surface area (Å²) in [6.45, 7) is 5.40. The minimum atomic E-state index is -4.95. The Morgan fingerprint density at radius 2 is 1.14 bits per heavy atom. The number of aliphatic hydroxyl groups is 1. The molecule has 0 saturated heterocycles. The van der Waals surface area contributed by atoms with Gasteiger partial charge in [0.15, 0.2) is 0 Å². The Balaban J connectivity index is 3.37. The van der Waals surface area contributed by atoms with E-state index in [4.69, 9.17) is 4.74 Å². The monoisotopic (exact) mass is 330 g/mol. The number of hydrogen-bond donors (Lipinski definition) is 1. The predicted octanol–water partition coefficient (Wildman–Crippen LogP) is 4.65. The summed E-state index contributed by atoms with van der Waals surface area (Å²) >= 11 is 0. The highest BCUT2D eigenvalue weighted by Gasteiger charge is 2.40. The summed E-state index contributed by atoms with van der Waals surface area (Å²) in [5, 5.41) is 9.90. The van der Waals surface area contributed by atoms with Crippen LogP contribution in [0.2, 0.25) is 0 Å². The van der Waals surface area contributed by atoms with Gasteiger partial charge in [0.25, 0.3) is 0 Å². The molecule has 1 N–H and O–H groups in total. The minimum absolute atomic E-state index is 0.0178. The van der Waals surface area contributed by atoms with Gasteiger partial charge in [-0.15, -0.1) is 0 Å². The van der Waals surface area contributed by atoms with Crippen LogP contribution < -0.4 is 4.74 Å². The summed E-state index contributed by atoms with van der Waals surface area (Å²) in [7, 11) is 0. The summed E-state index contributed by atoms with van der Waals surface area (Å²) in [5.41, 5.74) is -5.83. The fourth-order valence-corrected chi connectivity index (χ4v) is 1.40. The van der Waals surface area contributed by atoms with E-state index in [0.29, 0.717) is 12.1 Å². The van der Waals surface area contributed by atoms with Crippen LogP contribution in [0.15, 0.2) is 18.2 Å². The van der Waals surface area contributed by atoms with Crippen LogP contribution in [-0.2, 0) is 12.4 Å². The largest absolute Gasteiger partial charge is 0.485 e. The molecule has 0 aromatic heterocycles. The molecule has 0 unspecified atom stereocenters. The zero-order chi connectivity index (χ0) is 17.6. The normalized spacial score (nSPS) is 14.1. The SMILES string of the molecule is CC(C)(O)C(C)(C)Oc1cc(C(F)(F)F)cc(C(F)(F)F)c1. The van der Waals surface area contributed by atoms with Crippen LogP contribution in [0.25, 0.3) is 0 Å². The lowest BCUT2D eigenvalue weighted by Crippen LogP contribution is -2.49. The highest BCUT2D eigenvalue weighted by molar-refractivity contribution is 5.38. The number of alkyl halides is 6. The Bertz CT molecular complexity index is 505. The van der Waals surface area contributed by atoms with Crippen LogP contribution in [0.5, 0.6) is 5.75 Å². The van der Waals surface area contributed by atoms with Crippen molar-refractivity contribution in [1.29, 1.82) is 0 Å². The second kappa shape index (κ2) is 5.33. The lowest BCUT2D eigenvalue weighted by atomic mass is 9.89. The van der Waals surface area contributed by atoms with E-state index in [2.05, 4.69) is 0 Å². The first-order valence-corrected chi connectivity index (χ1v) is 6.25. The zero-order valence-electron chi connectivity index (χ0n) is 12.4. The highest BCUT2D eigenvalue weighted by atomic mass is 19.4. The molecule has 0 spiro atoms. The number of ether oxygens (including phenoxy) is 1. The van der Waals surface area contributed by atoms with Crippen molar-refractivity contribution in [3.8, 4) is 5.75 Å². The number of hydrogen-bond acceptors (Lipinski definition) is 2. The van der Waals surface area contributed by atoms with Crippen molar-refractivity contribution in [2.45, 2.75) is 51.2 Å². The maximum absolute atomic E-state index is 12.7. The lowest BCUT2D eigenvalue weighted by molar-refractivity contribution is -0.143. The first-order valence-electron chi connectivity index (χ1n) is 6.25. The molecule has 0 fully saturated rings. The van der Waals surface area contributed by atoms with Gasteiger partial charge in [-0.1, -0.05) is 0 Å². The highest BCUT2D eigenvalue weighted by Crippen LogP contribution is 2.39. The van der Waals surface area contributed by atoms with Gasteiger partial charge in [-0.05, 0) is 45.9 Å². The van der Waals surface area contributed by atoms with E-state index >= 15 is 0 Å². The van der Waals surface area contributed by atoms with Crippen molar-refractivity contribution in [3.63, 3.8) is 0 Å². The predicted molar refractivity (Wildman–Crippen MR) is 67.5 cm³/mol. The minimum Gasteiger partial charge on any atom is -0.485 e. The van der Waals surface area contributed by atoms with E-state index < -0.39 is 40.4 Å². The molecule has 2 nitrogen and oxygen atoms in total. The van der Waals surface area contributed by atoms with Gasteiger partial charge in [0, 0.05) is 0 Å². The lowest BCUT2D eigenvalue weighted by Gasteiger charge is -2.37. The fourth-order valence-electron chi connectivity index (χ4n) is 1.40. The van der Waals surface area contributed by atoms with E-state index in [1.165, 1.54) is 27.7 Å². The smallest absolute Gasteiger partial charge is 0.416 e. The molecule has 0 aliphatic heterocycles. The molecule has 0 saturated carbocycles. The second-order valence-electron chi connectivity index (χ2n) is 5.91. The third-order valence-electron chi connectivity index (χ3n) is 3.41. The summed E-state index contributed by atoms with van der Waals surface area (Å²) in [4.78, 5) is 0. The molecule has 0 aliphatic rings. The number of rotatable bonds is 3. The quantitative estimate of drug-likeness (QED) is 0.817. The van der Waals surface area contributed by atoms with Crippen molar-refractivity contribution in [1.82, 2.24) is 0 Å². The average Bonchev–Trinajstić information content (AvgIpc) is 2.23. The van der Waals surface area contributed by atoms with E-state index in [1.54, 1.807) is 0 Å². The standard InChI is InChI=1S/C14H16F6O2/c1-11(2,21)12(3,4)22-10-6-8(13(15,16)17)5-9(7-10)14(18,19)20/h5-7,21H,1-4H3. The first kappa shape index (κ1) is 18.6. The van der Waals surface area contributed by atoms with Crippen molar-refractivity contribution in [2.75, 3.05) is 0 Å². The van der Waals surface area contributed by atoms with Gasteiger partial charge < -0.3 is 9.84 Å². The molecular weight excluding hydrogens is 314 g/mol. The number of benzene rings is 1. The van der Waals surface area contributed by atoms with Crippen LogP contribution in [0.3, 0.4) is 0 Å². The van der Waals surface area contributed by atoms with Crippen LogP contribution in [0, 0.1) is 0 Å². The van der Waals surface area contributed by atoms with Crippen molar-refractivity contribution < 1.29 is 36.2 Å². The molecular formula is C14H16F6O2. The Hall–Kier alpha value is -1.44. The molecule has 1 rings (SSSR count). The third kappa shape index (κ3) is 4.28. The first-order chi connectivity index (χ1) is 9.54. The van der Waals surface area contributed by atoms with Gasteiger partial charge in [0.05, 0.1) is 16.7 Å². The third-order valence-corrected chi connectivity index (χ3v) is 3.41. The second-order valence-corrected chi connectivity index (χ2v) is 5.91. The van der Waals surface area contributed by atoms with E-state index in [9.17, 15) is 31.4 Å². The topological polar surface area (TPSA) is 29.5 Å². The van der Waals surface area contributed by atoms with Crippen LogP contribution >= 0.6 is 0 Å². The summed E-state index contributed by atoms with van der Waals surface area (Å²) in [6.07, 6.45) is -9.89. The molecule has 1 aromatic rings. The Morgan fingerprint density at radius 3 is 1.41 bits per heavy atom. The van der Waals surface area contributed by atoms with Crippen LogP contribution in [0.1, 0.15) is 38.8 Å². The fraction of sp³-hybridized carbons (Fsp3) is 0.571. The molecule has 0 aliphatic carbocycles. The van der Waals surface area contributed by atoms with Crippen LogP contribution in [-0.4, -0.2) is 16.3 Å². The molecule has 0 atom stereocenters. The van der Waals surface area contributed by atoms with Gasteiger partial charge in [0.1, 0.15) is 11.4 Å². The van der Waals surface area contributed by atoms with E-state index in [-0.39, 0.29) is 6.07 Å². The molecule has 8 heteroatoms. The molecule has 1 aromatic carbocycles. The van der Waals surface area contributed by atoms with E-state index in [0.717, 1.165) is 0 Å². The van der Waals surface area contributed by atoms with Gasteiger partial charge in [-0.3, -0.25) is 0 Å². The van der Waals surface area contributed by atoms with Gasteiger partial charge >= 0.3 is 12.4 Å². The zero-order valence-corrected chi connectivity index (χ0v) is 12.4. The number of halogens is 6. The van der Waals surface area contributed by atoms with Gasteiger partial charge in [-0.2, -0.15) is 26.3 Å². The van der Waals surface area contributed by atoms with Crippen molar-refractivity contribution >= 4 is 0 Å². The Kier molecular flexibility index (Phi) is 4.51. The molecule has 22 heavy (non-hydrogen) atoms. The molecule has 0 heterocycles. The average molecular weight is 330 g/mol. The molecule has 0 radical (unpaired) electrons. The molecule has 126 valence electrons. The van der Waals surface area contributed by atoms with Crippen molar-refractivity contribution in [3.05, 3.63) is 29.3 Å². The Labute approximate surface area is 123 Å². The molecule has 0 amide bonds. The summed E-state index contributed by atoms with van der Waals surface area (Å²) < 4.78 is 81.6. The maximum atomic E-state index is 12.7. The van der Waals surface area contributed by atoms with Crippen LogP contribution in [0.4, 0.5) is 26.3 Å². The van der Waals surface area contributed by atoms with Gasteiger partial charge in [0.2, 0.25) is 0 Å².